The van der Waals surface area contributed by atoms with Crippen molar-refractivity contribution in [2.75, 3.05) is 5.01 Å². The summed E-state index contributed by atoms with van der Waals surface area (Å²) < 4.78 is 0. The van der Waals surface area contributed by atoms with Crippen LogP contribution in [0.5, 0.6) is 0 Å². The molecule has 1 aromatic rings. The maximum atomic E-state index is 9.01. The highest BCUT2D eigenvalue weighted by Crippen LogP contribution is 2.39. The van der Waals surface area contributed by atoms with Gasteiger partial charge in [-0.25, -0.2) is 4.99 Å². The first-order valence-corrected chi connectivity index (χ1v) is 7.64. The van der Waals surface area contributed by atoms with E-state index in [1.165, 1.54) is 6.42 Å². The van der Waals surface area contributed by atoms with Gasteiger partial charge in [-0.1, -0.05) is 23.2 Å². The largest absolute Gasteiger partial charge is 0.411 e. The molecule has 2 N–H and O–H groups in total. The zero-order valence-corrected chi connectivity index (χ0v) is 12.8. The summed E-state index contributed by atoms with van der Waals surface area (Å²) in [4.78, 5) is 4.84. The Bertz CT molecular complexity index is 576. The van der Waals surface area contributed by atoms with Gasteiger partial charge in [-0.3, -0.25) is 10.4 Å². The molecule has 1 fully saturated rings. The van der Waals surface area contributed by atoms with Crippen molar-refractivity contribution >= 4 is 28.8 Å². The highest BCUT2D eigenvalue weighted by Gasteiger charge is 2.43. The fourth-order valence-electron chi connectivity index (χ4n) is 3.05. The molecular formula is C15H19ClN4O. The highest BCUT2D eigenvalue weighted by atomic mass is 35.5. The van der Waals surface area contributed by atoms with Crippen molar-refractivity contribution in [3.8, 4) is 0 Å². The van der Waals surface area contributed by atoms with E-state index in [0.29, 0.717) is 16.6 Å². The number of halogens is 1. The minimum Gasteiger partial charge on any atom is -0.411 e. The van der Waals surface area contributed by atoms with Gasteiger partial charge in [0.15, 0.2) is 11.5 Å². The standard InChI is InChI=1S/C15H19ClN4O/c1-11(19-21)14-17-15(9-3-2-4-10-15)20(18-14)13-7-5-12(16)6-8-13/h5-8,21H,2-4,9-10H2,1H3,(H,17,18)/b19-11+. The van der Waals surface area contributed by atoms with Crippen molar-refractivity contribution in [2.24, 2.45) is 10.1 Å². The Morgan fingerprint density at radius 2 is 1.95 bits per heavy atom. The molecule has 1 saturated carbocycles. The normalized spacial score (nSPS) is 21.3. The topological polar surface area (TPSA) is 60.2 Å². The van der Waals surface area contributed by atoms with E-state index in [2.05, 4.69) is 15.6 Å². The summed E-state index contributed by atoms with van der Waals surface area (Å²) in [6, 6.07) is 7.71. The van der Waals surface area contributed by atoms with Crippen LogP contribution in [0.2, 0.25) is 5.02 Å². The second-order valence-corrected chi connectivity index (χ2v) is 6.05. The second kappa shape index (κ2) is 5.56. The molecule has 0 saturated heterocycles. The number of aliphatic imine (C=N–C) groups is 1. The number of benzene rings is 1. The molecule has 1 spiro atoms. The Morgan fingerprint density at radius 3 is 2.57 bits per heavy atom. The molecule has 3 rings (SSSR count). The minimum absolute atomic E-state index is 0.284. The SMILES string of the molecule is C/C(=N\O)C1=NC2(CCCCC2)N(c2ccc(Cl)cc2)N1. The third-order valence-electron chi connectivity index (χ3n) is 4.19. The number of hydrogen-bond donors (Lipinski definition) is 2. The first-order chi connectivity index (χ1) is 10.1. The fourth-order valence-corrected chi connectivity index (χ4v) is 3.18. The van der Waals surface area contributed by atoms with Gasteiger partial charge in [0, 0.05) is 5.02 Å². The van der Waals surface area contributed by atoms with Crippen LogP contribution in [0, 0.1) is 0 Å². The molecule has 1 aliphatic heterocycles. The number of rotatable bonds is 2. The predicted molar refractivity (Wildman–Crippen MR) is 85.2 cm³/mol. The summed E-state index contributed by atoms with van der Waals surface area (Å²) in [6.07, 6.45) is 5.53. The fraction of sp³-hybridized carbons (Fsp3) is 0.467. The molecule has 0 aromatic heterocycles. The van der Waals surface area contributed by atoms with E-state index in [-0.39, 0.29) is 5.66 Å². The Kier molecular flexibility index (Phi) is 3.76. The molecule has 21 heavy (non-hydrogen) atoms. The third-order valence-corrected chi connectivity index (χ3v) is 4.44. The average molecular weight is 307 g/mol. The van der Waals surface area contributed by atoms with E-state index in [0.717, 1.165) is 31.4 Å². The molecule has 5 nitrogen and oxygen atoms in total. The Morgan fingerprint density at radius 1 is 1.29 bits per heavy atom. The average Bonchev–Trinajstić information content (AvgIpc) is 2.87. The van der Waals surface area contributed by atoms with Gasteiger partial charge in [-0.15, -0.1) is 0 Å². The lowest BCUT2D eigenvalue weighted by Gasteiger charge is -2.39. The van der Waals surface area contributed by atoms with Crippen molar-refractivity contribution in [1.29, 1.82) is 0 Å². The molecule has 0 bridgehead atoms. The Balaban J connectivity index is 1.97. The minimum atomic E-state index is -0.284. The molecule has 6 heteroatoms. The molecule has 0 amide bonds. The van der Waals surface area contributed by atoms with Crippen molar-refractivity contribution in [2.45, 2.75) is 44.7 Å². The van der Waals surface area contributed by atoms with Crippen LogP contribution in [0.1, 0.15) is 39.0 Å². The zero-order chi connectivity index (χ0) is 14.9. The van der Waals surface area contributed by atoms with Crippen LogP contribution < -0.4 is 10.4 Å². The molecule has 112 valence electrons. The molecule has 1 aromatic carbocycles. The number of amidine groups is 1. The number of hydrogen-bond acceptors (Lipinski definition) is 5. The van der Waals surface area contributed by atoms with Gasteiger partial charge in [-0.2, -0.15) is 0 Å². The zero-order valence-electron chi connectivity index (χ0n) is 12.0. The van der Waals surface area contributed by atoms with E-state index < -0.39 is 0 Å². The smallest absolute Gasteiger partial charge is 0.167 e. The van der Waals surface area contributed by atoms with Gasteiger partial charge in [0.2, 0.25) is 0 Å². The van der Waals surface area contributed by atoms with E-state index in [1.807, 2.05) is 24.3 Å². The molecule has 1 heterocycles. The lowest BCUT2D eigenvalue weighted by atomic mass is 9.89. The van der Waals surface area contributed by atoms with E-state index in [4.69, 9.17) is 21.8 Å². The van der Waals surface area contributed by atoms with Gasteiger partial charge in [-0.05, 0) is 56.9 Å². The number of nitrogens with zero attached hydrogens (tertiary/aromatic N) is 3. The van der Waals surface area contributed by atoms with Gasteiger partial charge in [0.05, 0.1) is 5.69 Å². The van der Waals surface area contributed by atoms with Crippen LogP contribution in [0.15, 0.2) is 34.4 Å². The van der Waals surface area contributed by atoms with Crippen LogP contribution in [-0.2, 0) is 0 Å². The molecule has 1 aliphatic carbocycles. The third kappa shape index (κ3) is 2.58. The Hall–Kier alpha value is -1.75. The summed E-state index contributed by atoms with van der Waals surface area (Å²) in [6.45, 7) is 1.74. The van der Waals surface area contributed by atoms with Crippen molar-refractivity contribution < 1.29 is 5.21 Å². The lowest BCUT2D eigenvalue weighted by Crippen LogP contribution is -2.51. The number of nitrogens with one attached hydrogen (secondary N) is 1. The summed E-state index contributed by atoms with van der Waals surface area (Å²) in [5.74, 6) is 0.634. The van der Waals surface area contributed by atoms with Crippen molar-refractivity contribution in [1.82, 2.24) is 5.43 Å². The van der Waals surface area contributed by atoms with Crippen molar-refractivity contribution in [3.05, 3.63) is 29.3 Å². The summed E-state index contributed by atoms with van der Waals surface area (Å²) >= 11 is 5.98. The van der Waals surface area contributed by atoms with Crippen LogP contribution in [0.3, 0.4) is 0 Å². The maximum absolute atomic E-state index is 9.01. The number of hydrazine groups is 1. The first kappa shape index (κ1) is 14.2. The molecule has 0 atom stereocenters. The van der Waals surface area contributed by atoms with E-state index >= 15 is 0 Å². The Labute approximate surface area is 129 Å². The number of oxime groups is 1. The van der Waals surface area contributed by atoms with E-state index in [1.54, 1.807) is 6.92 Å². The van der Waals surface area contributed by atoms with Crippen LogP contribution in [0.25, 0.3) is 0 Å². The molecule has 2 aliphatic rings. The van der Waals surface area contributed by atoms with Gasteiger partial charge >= 0.3 is 0 Å². The van der Waals surface area contributed by atoms with Crippen LogP contribution in [-0.4, -0.2) is 22.4 Å². The highest BCUT2D eigenvalue weighted by molar-refractivity contribution is 6.41. The number of anilines is 1. The lowest BCUT2D eigenvalue weighted by molar-refractivity contribution is 0.292. The van der Waals surface area contributed by atoms with Gasteiger partial charge in [0.1, 0.15) is 5.71 Å². The van der Waals surface area contributed by atoms with Gasteiger partial charge in [0.25, 0.3) is 0 Å². The summed E-state index contributed by atoms with van der Waals surface area (Å²) in [5.41, 5.74) is 4.52. The second-order valence-electron chi connectivity index (χ2n) is 5.61. The predicted octanol–water partition coefficient (Wildman–Crippen LogP) is 3.57. The van der Waals surface area contributed by atoms with Gasteiger partial charge < -0.3 is 5.21 Å². The molecular weight excluding hydrogens is 288 g/mol. The summed E-state index contributed by atoms with van der Waals surface area (Å²) in [5, 5.41) is 15.1. The van der Waals surface area contributed by atoms with Crippen LogP contribution in [0.4, 0.5) is 5.69 Å². The van der Waals surface area contributed by atoms with Crippen LogP contribution >= 0.6 is 11.6 Å². The monoisotopic (exact) mass is 306 g/mol. The molecule has 0 unspecified atom stereocenters. The van der Waals surface area contributed by atoms with E-state index in [9.17, 15) is 0 Å². The van der Waals surface area contributed by atoms with Crippen molar-refractivity contribution in [3.63, 3.8) is 0 Å². The molecule has 0 radical (unpaired) electrons. The first-order valence-electron chi connectivity index (χ1n) is 7.26. The maximum Gasteiger partial charge on any atom is 0.167 e. The quantitative estimate of drug-likeness (QED) is 0.499. The summed E-state index contributed by atoms with van der Waals surface area (Å²) in [7, 11) is 0.